The molecule has 16 nitrogen and oxygen atoms in total. The van der Waals surface area contributed by atoms with E-state index in [0.29, 0.717) is 17.5 Å². The third-order valence-electron chi connectivity index (χ3n) is 9.63. The van der Waals surface area contributed by atoms with Crippen molar-refractivity contribution in [2.75, 3.05) is 13.2 Å². The molecule has 1 aromatic heterocycles. The summed E-state index contributed by atoms with van der Waals surface area (Å²) < 4.78 is 0. The minimum atomic E-state index is -1.44. The summed E-state index contributed by atoms with van der Waals surface area (Å²) in [7, 11) is 0. The summed E-state index contributed by atoms with van der Waals surface area (Å²) >= 11 is 0. The maximum atomic E-state index is 13.9. The van der Waals surface area contributed by atoms with Crippen molar-refractivity contribution in [3.8, 4) is 5.75 Å². The zero-order valence-electron chi connectivity index (χ0n) is 30.9. The Kier molecular flexibility index (Phi) is 14.2. The average molecular weight is 750 g/mol. The Hall–Kier alpha value is -5.48. The van der Waals surface area contributed by atoms with Crippen LogP contribution >= 0.6 is 0 Å². The number of rotatable bonds is 17. The summed E-state index contributed by atoms with van der Waals surface area (Å²) in [6.45, 7) is 6.28. The molecule has 6 atom stereocenters. The number of aromatic hydroxyl groups is 1. The van der Waals surface area contributed by atoms with Crippen LogP contribution in [0.2, 0.25) is 0 Å². The van der Waals surface area contributed by atoms with Crippen molar-refractivity contribution in [1.29, 1.82) is 0 Å². The van der Waals surface area contributed by atoms with Gasteiger partial charge in [-0.2, -0.15) is 0 Å². The summed E-state index contributed by atoms with van der Waals surface area (Å²) in [4.78, 5) is 84.1. The van der Waals surface area contributed by atoms with Gasteiger partial charge in [0, 0.05) is 36.5 Å². The highest BCUT2D eigenvalue weighted by Crippen LogP contribution is 2.22. The molecule has 0 unspecified atom stereocenters. The Morgan fingerprint density at radius 1 is 0.833 bits per heavy atom. The number of aromatic nitrogens is 1. The van der Waals surface area contributed by atoms with Crippen LogP contribution in [0.3, 0.4) is 0 Å². The molecule has 0 saturated carbocycles. The first-order valence-corrected chi connectivity index (χ1v) is 18.0. The molecule has 1 aliphatic heterocycles. The summed E-state index contributed by atoms with van der Waals surface area (Å²) in [5.74, 6) is -5.31. The van der Waals surface area contributed by atoms with Gasteiger partial charge in [0.25, 0.3) is 0 Å². The molecule has 5 amide bonds. The number of phenolic OH excluding ortho intramolecular Hbond substituents is 1. The minimum Gasteiger partial charge on any atom is -0.508 e. The summed E-state index contributed by atoms with van der Waals surface area (Å²) in [6.07, 6.45) is 2.22. The number of likely N-dealkylation sites (tertiary alicyclic amines) is 1. The molecule has 1 aliphatic rings. The molecule has 1 fully saturated rings. The van der Waals surface area contributed by atoms with E-state index in [1.165, 1.54) is 29.2 Å². The number of H-pyrrole nitrogens is 1. The standard InChI is InChI=1S/C38H51N7O9/c1-20(2)31(39)35(50)44-32(21(3)4)36(51)43-29(19-46)37(52)45-15-7-10-30(45)34(49)41-27(17-23-18-40-26-9-6-5-8-25(23)26)33(48)42-28(38(53)54)16-22-11-13-24(47)14-12-22/h5-6,8-9,11-14,18,20-21,27-32,40,46-47H,7,10,15-17,19,39H2,1-4H3,(H,41,49)(H,42,48)(H,43,51)(H,44,50)(H,53,54)/t27-,28-,29-,30-,31-,32-/m0/s1. The monoisotopic (exact) mass is 749 g/mol. The van der Waals surface area contributed by atoms with Crippen LogP contribution in [0.25, 0.3) is 10.9 Å². The van der Waals surface area contributed by atoms with Crippen LogP contribution in [0.1, 0.15) is 51.7 Å². The summed E-state index contributed by atoms with van der Waals surface area (Å²) in [5, 5.41) is 41.0. The van der Waals surface area contributed by atoms with Crippen molar-refractivity contribution >= 4 is 46.4 Å². The number of phenols is 1. The zero-order valence-corrected chi connectivity index (χ0v) is 30.9. The quantitative estimate of drug-likeness (QED) is 0.0913. The molecule has 0 bridgehead atoms. The van der Waals surface area contributed by atoms with Crippen LogP contribution in [0, 0.1) is 11.8 Å². The second-order valence-electron chi connectivity index (χ2n) is 14.3. The predicted molar refractivity (Wildman–Crippen MR) is 199 cm³/mol. The van der Waals surface area contributed by atoms with Crippen molar-refractivity contribution in [2.24, 2.45) is 17.6 Å². The number of nitrogens with one attached hydrogen (secondary N) is 5. The number of fused-ring (bicyclic) bond motifs is 1. The lowest BCUT2D eigenvalue weighted by Crippen LogP contribution is -2.60. The van der Waals surface area contributed by atoms with Gasteiger partial charge in [-0.3, -0.25) is 24.0 Å². The van der Waals surface area contributed by atoms with Crippen LogP contribution in [-0.4, -0.2) is 110 Å². The maximum Gasteiger partial charge on any atom is 0.326 e. The maximum absolute atomic E-state index is 13.9. The van der Waals surface area contributed by atoms with Gasteiger partial charge >= 0.3 is 5.97 Å². The molecule has 0 aliphatic carbocycles. The highest BCUT2D eigenvalue weighted by molar-refractivity contribution is 5.97. The molecular formula is C38H51N7O9. The van der Waals surface area contributed by atoms with Crippen LogP contribution < -0.4 is 27.0 Å². The first-order chi connectivity index (χ1) is 25.6. The number of hydrogen-bond acceptors (Lipinski definition) is 9. The number of hydrogen-bond donors (Lipinski definition) is 9. The average Bonchev–Trinajstić information content (AvgIpc) is 3.80. The van der Waals surface area contributed by atoms with Gasteiger partial charge < -0.3 is 52.2 Å². The van der Waals surface area contributed by atoms with Gasteiger partial charge in [0.15, 0.2) is 0 Å². The number of carboxylic acid groups (broad SMARTS) is 1. The number of carbonyl (C=O) groups is 6. The lowest BCUT2D eigenvalue weighted by atomic mass is 10.00. The van der Waals surface area contributed by atoms with Crippen molar-refractivity contribution in [1.82, 2.24) is 31.2 Å². The first kappa shape index (κ1) is 41.3. The first-order valence-electron chi connectivity index (χ1n) is 18.0. The van der Waals surface area contributed by atoms with E-state index in [-0.39, 0.29) is 37.5 Å². The fourth-order valence-electron chi connectivity index (χ4n) is 6.38. The van der Waals surface area contributed by atoms with Crippen LogP contribution in [0.15, 0.2) is 54.7 Å². The molecule has 3 aromatic rings. The van der Waals surface area contributed by atoms with Gasteiger partial charge in [0.2, 0.25) is 29.5 Å². The molecule has 2 aromatic carbocycles. The Balaban J connectivity index is 1.52. The number of aromatic amines is 1. The molecule has 2 heterocycles. The number of benzene rings is 2. The molecule has 54 heavy (non-hydrogen) atoms. The van der Waals surface area contributed by atoms with Gasteiger partial charge in [-0.15, -0.1) is 0 Å². The van der Waals surface area contributed by atoms with Crippen molar-refractivity contribution in [3.63, 3.8) is 0 Å². The van der Waals surface area contributed by atoms with Gasteiger partial charge in [0.1, 0.15) is 36.0 Å². The fourth-order valence-corrected chi connectivity index (χ4v) is 6.38. The molecule has 16 heteroatoms. The highest BCUT2D eigenvalue weighted by Gasteiger charge is 2.40. The smallest absolute Gasteiger partial charge is 0.326 e. The zero-order chi connectivity index (χ0) is 39.7. The third kappa shape index (κ3) is 10.3. The molecular weight excluding hydrogens is 698 g/mol. The van der Waals surface area contributed by atoms with E-state index in [1.54, 1.807) is 33.9 Å². The lowest BCUT2D eigenvalue weighted by molar-refractivity contribution is -0.144. The summed E-state index contributed by atoms with van der Waals surface area (Å²) in [6, 6.07) is 6.16. The number of carboxylic acids is 1. The van der Waals surface area contributed by atoms with Gasteiger partial charge in [-0.25, -0.2) is 4.79 Å². The number of amides is 5. The number of aliphatic hydroxyl groups is 1. The normalized spacial score (nSPS) is 17.0. The van der Waals surface area contributed by atoms with E-state index < -0.39 is 84.3 Å². The third-order valence-corrected chi connectivity index (χ3v) is 9.63. The lowest BCUT2D eigenvalue weighted by Gasteiger charge is -2.31. The van der Waals surface area contributed by atoms with Gasteiger partial charge in [-0.05, 0) is 54.0 Å². The molecule has 292 valence electrons. The number of nitrogens with zero attached hydrogens (tertiary/aromatic N) is 1. The topological polar surface area (TPSA) is 256 Å². The molecule has 0 radical (unpaired) electrons. The Bertz CT molecular complexity index is 1810. The Morgan fingerprint density at radius 3 is 2.13 bits per heavy atom. The van der Waals surface area contributed by atoms with Crippen molar-refractivity contribution in [3.05, 3.63) is 65.9 Å². The van der Waals surface area contributed by atoms with Crippen LogP contribution in [-0.2, 0) is 41.6 Å². The van der Waals surface area contributed by atoms with Crippen molar-refractivity contribution < 1.29 is 44.1 Å². The second-order valence-corrected chi connectivity index (χ2v) is 14.3. The van der Waals surface area contributed by atoms with E-state index in [1.807, 2.05) is 24.3 Å². The largest absolute Gasteiger partial charge is 0.508 e. The fraction of sp³-hybridized carbons (Fsp3) is 0.474. The van der Waals surface area contributed by atoms with Gasteiger partial charge in [0.05, 0.1) is 12.6 Å². The molecule has 10 N–H and O–H groups in total. The predicted octanol–water partition coefficient (Wildman–Crippen LogP) is 0.305. The van der Waals surface area contributed by atoms with Crippen LogP contribution in [0.4, 0.5) is 0 Å². The highest BCUT2D eigenvalue weighted by atomic mass is 16.4. The second kappa shape index (κ2) is 18.5. The van der Waals surface area contributed by atoms with E-state index in [4.69, 9.17) is 5.73 Å². The number of aliphatic hydroxyl groups excluding tert-OH is 1. The molecule has 1 saturated heterocycles. The van der Waals surface area contributed by atoms with E-state index in [2.05, 4.69) is 26.3 Å². The Labute approximate surface area is 313 Å². The number of aliphatic carboxylic acids is 1. The van der Waals surface area contributed by atoms with Gasteiger partial charge in [-0.1, -0.05) is 58.0 Å². The number of para-hydroxylation sites is 1. The molecule has 4 rings (SSSR count). The van der Waals surface area contributed by atoms with E-state index in [9.17, 15) is 44.1 Å². The van der Waals surface area contributed by atoms with Crippen LogP contribution in [0.5, 0.6) is 5.75 Å². The van der Waals surface area contributed by atoms with Crippen molar-refractivity contribution in [2.45, 2.75) is 89.6 Å². The number of nitrogens with two attached hydrogens (primary N) is 1. The number of carbonyl (C=O) groups excluding carboxylic acids is 5. The Morgan fingerprint density at radius 2 is 1.50 bits per heavy atom. The SMILES string of the molecule is CC(C)[C@H](N)C(=O)N[C@H](C(=O)N[C@@H](CO)C(=O)N1CCC[C@H]1C(=O)N[C@@H](Cc1c[nH]c2ccccc12)C(=O)N[C@@H](Cc1ccc(O)cc1)C(=O)O)C(C)C. The van der Waals surface area contributed by atoms with E-state index in [0.717, 1.165) is 10.9 Å². The molecule has 0 spiro atoms. The minimum absolute atomic E-state index is 0.00107. The van der Waals surface area contributed by atoms with E-state index >= 15 is 0 Å². The summed E-state index contributed by atoms with van der Waals surface area (Å²) in [5.41, 5.74) is 7.97.